The minimum Gasteiger partial charge on any atom is -0.493 e. The highest BCUT2D eigenvalue weighted by Crippen LogP contribution is 2.16. The van der Waals surface area contributed by atoms with Gasteiger partial charge in [0.1, 0.15) is 11.5 Å². The zero-order valence-corrected chi connectivity index (χ0v) is 16.1. The van der Waals surface area contributed by atoms with E-state index in [1.165, 1.54) is 19.3 Å². The molecule has 0 fully saturated rings. The first-order valence-corrected chi connectivity index (χ1v) is 9.42. The number of aryl methyl sites for hydroxylation is 2. The highest BCUT2D eigenvalue weighted by atomic mass is 16.5. The van der Waals surface area contributed by atoms with Gasteiger partial charge in [-0.3, -0.25) is 5.21 Å². The first-order valence-electron chi connectivity index (χ1n) is 9.42. The van der Waals surface area contributed by atoms with Gasteiger partial charge in [0.25, 0.3) is 0 Å². The third-order valence-corrected chi connectivity index (χ3v) is 4.30. The lowest BCUT2D eigenvalue weighted by Crippen LogP contribution is -2.31. The predicted molar refractivity (Wildman–Crippen MR) is 102 cm³/mol. The van der Waals surface area contributed by atoms with Crippen LogP contribution in [-0.2, 0) is 19.4 Å². The van der Waals surface area contributed by atoms with Gasteiger partial charge in [0.15, 0.2) is 5.89 Å². The zero-order chi connectivity index (χ0) is 19.6. The molecule has 27 heavy (non-hydrogen) atoms. The van der Waals surface area contributed by atoms with E-state index in [1.807, 2.05) is 6.92 Å². The van der Waals surface area contributed by atoms with Gasteiger partial charge in [0.2, 0.25) is 0 Å². The number of oxazole rings is 1. The number of ether oxygens (including phenoxy) is 1. The number of benzene rings is 1. The minimum atomic E-state index is -0.886. The van der Waals surface area contributed by atoms with Crippen molar-refractivity contribution in [2.24, 2.45) is 5.73 Å². The first kappa shape index (κ1) is 20.8. The van der Waals surface area contributed by atoms with E-state index in [2.05, 4.69) is 11.9 Å². The Kier molecular flexibility index (Phi) is 8.13. The molecule has 7 nitrogen and oxygen atoms in total. The zero-order valence-electron chi connectivity index (χ0n) is 16.1. The Hall–Kier alpha value is -2.54. The molecule has 0 atom stereocenters. The summed E-state index contributed by atoms with van der Waals surface area (Å²) in [6.45, 7) is 4.67. The van der Waals surface area contributed by atoms with Gasteiger partial charge in [-0.25, -0.2) is 14.8 Å². The molecular formula is C20H29N3O4. The Balaban J connectivity index is 1.77. The Labute approximate surface area is 160 Å². The molecule has 1 aromatic heterocycles. The number of hydrogen-bond acceptors (Lipinski definition) is 5. The molecule has 2 rings (SSSR count). The van der Waals surface area contributed by atoms with Gasteiger partial charge < -0.3 is 14.9 Å². The second-order valence-electron chi connectivity index (χ2n) is 6.56. The van der Waals surface area contributed by atoms with E-state index < -0.39 is 6.03 Å². The molecule has 148 valence electrons. The van der Waals surface area contributed by atoms with Crippen LogP contribution in [0.15, 0.2) is 28.7 Å². The van der Waals surface area contributed by atoms with E-state index >= 15 is 0 Å². The van der Waals surface area contributed by atoms with E-state index in [0.29, 0.717) is 23.8 Å². The second kappa shape index (κ2) is 10.6. The molecule has 7 heteroatoms. The summed E-state index contributed by atoms with van der Waals surface area (Å²) < 4.78 is 11.5. The van der Waals surface area contributed by atoms with Crippen molar-refractivity contribution in [2.75, 3.05) is 6.61 Å². The molecule has 3 N–H and O–H groups in total. The van der Waals surface area contributed by atoms with Gasteiger partial charge >= 0.3 is 6.03 Å². The van der Waals surface area contributed by atoms with Crippen LogP contribution in [0.4, 0.5) is 4.79 Å². The molecule has 0 unspecified atom stereocenters. The molecule has 0 spiro atoms. The van der Waals surface area contributed by atoms with E-state index in [-0.39, 0.29) is 6.54 Å². The maximum Gasteiger partial charge on any atom is 0.338 e. The lowest BCUT2D eigenvalue weighted by molar-refractivity contribution is -0.0470. The molecule has 0 aliphatic heterocycles. The maximum atomic E-state index is 10.8. The van der Waals surface area contributed by atoms with E-state index in [1.54, 1.807) is 24.3 Å². The normalized spacial score (nSPS) is 10.8. The van der Waals surface area contributed by atoms with Crippen molar-refractivity contribution in [3.8, 4) is 5.75 Å². The van der Waals surface area contributed by atoms with Crippen LogP contribution in [0.25, 0.3) is 0 Å². The summed E-state index contributed by atoms with van der Waals surface area (Å²) in [6.07, 6.45) is 6.35. The number of urea groups is 1. The summed E-state index contributed by atoms with van der Waals surface area (Å²) >= 11 is 0. The van der Waals surface area contributed by atoms with Gasteiger partial charge in [0, 0.05) is 12.8 Å². The Morgan fingerprint density at radius 2 is 1.96 bits per heavy atom. The minimum absolute atomic E-state index is 0.0365. The number of nitrogens with zero attached hydrogens (tertiary/aromatic N) is 2. The van der Waals surface area contributed by atoms with Gasteiger partial charge in [-0.05, 0) is 31.0 Å². The summed E-state index contributed by atoms with van der Waals surface area (Å²) in [5.41, 5.74) is 6.68. The number of carbonyl (C=O) groups excluding carboxylic acids is 1. The summed E-state index contributed by atoms with van der Waals surface area (Å²) in [5.74, 6) is 2.38. The molecule has 1 heterocycles. The molecule has 0 aliphatic carbocycles. The van der Waals surface area contributed by atoms with Crippen molar-refractivity contribution in [3.63, 3.8) is 0 Å². The van der Waals surface area contributed by atoms with Crippen LogP contribution in [0.1, 0.15) is 55.5 Å². The van der Waals surface area contributed by atoms with Crippen molar-refractivity contribution in [1.29, 1.82) is 0 Å². The van der Waals surface area contributed by atoms with Crippen LogP contribution < -0.4 is 10.5 Å². The highest BCUT2D eigenvalue weighted by Gasteiger charge is 2.10. The fraction of sp³-hybridized carbons (Fsp3) is 0.500. The monoisotopic (exact) mass is 375 g/mol. The lowest BCUT2D eigenvalue weighted by atomic mass is 10.1. The Morgan fingerprint density at radius 1 is 1.22 bits per heavy atom. The maximum absolute atomic E-state index is 10.8. The van der Waals surface area contributed by atoms with Crippen molar-refractivity contribution in [3.05, 3.63) is 47.2 Å². The molecule has 0 saturated heterocycles. The number of primary amides is 1. The fourth-order valence-electron chi connectivity index (χ4n) is 2.74. The number of nitrogens with two attached hydrogens (primary N) is 1. The number of amides is 2. The highest BCUT2D eigenvalue weighted by molar-refractivity contribution is 5.70. The molecule has 0 saturated carbocycles. The van der Waals surface area contributed by atoms with E-state index in [9.17, 15) is 10.0 Å². The second-order valence-corrected chi connectivity index (χ2v) is 6.56. The quantitative estimate of drug-likeness (QED) is 0.351. The molecular weight excluding hydrogens is 346 g/mol. The van der Waals surface area contributed by atoms with Crippen LogP contribution in [0.5, 0.6) is 5.75 Å². The molecule has 1 aromatic carbocycles. The van der Waals surface area contributed by atoms with Crippen molar-refractivity contribution < 1.29 is 19.2 Å². The number of unbranched alkanes of at least 4 members (excludes halogenated alkanes) is 3. The van der Waals surface area contributed by atoms with Gasteiger partial charge in [0.05, 0.1) is 18.8 Å². The van der Waals surface area contributed by atoms with Gasteiger partial charge in [-0.2, -0.15) is 0 Å². The largest absolute Gasteiger partial charge is 0.493 e. The van der Waals surface area contributed by atoms with E-state index in [0.717, 1.165) is 35.7 Å². The first-order chi connectivity index (χ1) is 13.0. The average Bonchev–Trinajstić information content (AvgIpc) is 3.00. The molecule has 0 bridgehead atoms. The molecule has 2 aromatic rings. The van der Waals surface area contributed by atoms with Crippen LogP contribution in [0.3, 0.4) is 0 Å². The Bertz CT molecular complexity index is 713. The van der Waals surface area contributed by atoms with Crippen LogP contribution in [-0.4, -0.2) is 27.9 Å². The number of carbonyl (C=O) groups is 1. The number of rotatable bonds is 11. The summed E-state index contributed by atoms with van der Waals surface area (Å²) in [6, 6.07) is 6.25. The third kappa shape index (κ3) is 6.94. The topological polar surface area (TPSA) is 102 Å². The summed E-state index contributed by atoms with van der Waals surface area (Å²) in [5, 5.41) is 9.80. The smallest absolute Gasteiger partial charge is 0.338 e. The summed E-state index contributed by atoms with van der Waals surface area (Å²) in [7, 11) is 0. The average molecular weight is 375 g/mol. The fourth-order valence-corrected chi connectivity index (χ4v) is 2.74. The lowest BCUT2D eigenvalue weighted by Gasteiger charge is -2.12. The molecule has 0 radical (unpaired) electrons. The SMILES string of the molecule is CCCCCCc1nc(CCOc2ccc(CN(O)C(N)=O)cc2)c(C)o1. The standard InChI is InChI=1S/C20H29N3O4/c1-3-4-5-6-7-19-22-18(15(2)27-19)12-13-26-17-10-8-16(9-11-17)14-23(25)20(21)24/h8-11,25H,3-7,12-14H2,1-2H3,(H2,21,24). The van der Waals surface area contributed by atoms with Crippen LogP contribution in [0.2, 0.25) is 0 Å². The van der Waals surface area contributed by atoms with E-state index in [4.69, 9.17) is 14.9 Å². The predicted octanol–water partition coefficient (Wildman–Crippen LogP) is 4.00. The number of hydrogen-bond donors (Lipinski definition) is 2. The van der Waals surface area contributed by atoms with Crippen LogP contribution in [0, 0.1) is 6.92 Å². The van der Waals surface area contributed by atoms with Crippen molar-refractivity contribution in [1.82, 2.24) is 10.0 Å². The van der Waals surface area contributed by atoms with Crippen LogP contribution >= 0.6 is 0 Å². The molecule has 0 aliphatic rings. The van der Waals surface area contributed by atoms with Gasteiger partial charge in [-0.15, -0.1) is 0 Å². The van der Waals surface area contributed by atoms with Gasteiger partial charge in [-0.1, -0.05) is 38.3 Å². The number of hydroxylamine groups is 2. The number of aromatic nitrogens is 1. The molecule has 2 amide bonds. The Morgan fingerprint density at radius 3 is 2.63 bits per heavy atom. The van der Waals surface area contributed by atoms with Crippen molar-refractivity contribution >= 4 is 6.03 Å². The summed E-state index contributed by atoms with van der Waals surface area (Å²) in [4.78, 5) is 15.4. The van der Waals surface area contributed by atoms with Crippen molar-refractivity contribution in [2.45, 2.75) is 58.9 Å². The third-order valence-electron chi connectivity index (χ3n) is 4.30.